The SMILES string of the molecule is CCCc1nc(C(=O)N[C@@H](C)c2cnn(-c3ccccc3)c2C)cs1. The van der Waals surface area contributed by atoms with Crippen LogP contribution in [0.5, 0.6) is 0 Å². The molecule has 1 atom stereocenters. The average Bonchev–Trinajstić information content (AvgIpc) is 3.23. The number of carbonyl (C=O) groups excluding carboxylic acids is 1. The lowest BCUT2D eigenvalue weighted by Crippen LogP contribution is -2.27. The first-order valence-electron chi connectivity index (χ1n) is 8.45. The van der Waals surface area contributed by atoms with Crippen LogP contribution in [0.1, 0.15) is 53.1 Å². The van der Waals surface area contributed by atoms with Crippen molar-refractivity contribution >= 4 is 17.2 Å². The first kappa shape index (κ1) is 17.4. The first-order valence-corrected chi connectivity index (χ1v) is 9.33. The normalized spacial score (nSPS) is 12.1. The zero-order chi connectivity index (χ0) is 17.8. The van der Waals surface area contributed by atoms with Crippen molar-refractivity contribution in [3.63, 3.8) is 0 Å². The van der Waals surface area contributed by atoms with Crippen LogP contribution < -0.4 is 5.32 Å². The predicted octanol–water partition coefficient (Wildman–Crippen LogP) is 4.08. The number of nitrogens with zero attached hydrogens (tertiary/aromatic N) is 3. The van der Waals surface area contributed by atoms with E-state index in [1.165, 1.54) is 0 Å². The molecule has 130 valence electrons. The van der Waals surface area contributed by atoms with Crippen molar-refractivity contribution in [2.45, 2.75) is 39.7 Å². The van der Waals surface area contributed by atoms with E-state index in [-0.39, 0.29) is 11.9 Å². The van der Waals surface area contributed by atoms with Gasteiger partial charge in [-0.25, -0.2) is 9.67 Å². The third-order valence-corrected chi connectivity index (χ3v) is 5.02. The quantitative estimate of drug-likeness (QED) is 0.725. The Kier molecular flexibility index (Phi) is 5.28. The second-order valence-electron chi connectivity index (χ2n) is 6.00. The fourth-order valence-corrected chi connectivity index (χ4v) is 3.65. The minimum atomic E-state index is -0.141. The standard InChI is InChI=1S/C19H22N4OS/c1-4-8-18-22-17(12-25-18)19(24)21-13(2)16-11-20-23(14(16)3)15-9-6-5-7-10-15/h5-7,9-13H,4,8H2,1-3H3,(H,21,24)/t13-/m0/s1. The van der Waals surface area contributed by atoms with Crippen molar-refractivity contribution in [2.75, 3.05) is 0 Å². The number of hydrogen-bond donors (Lipinski definition) is 1. The number of amides is 1. The summed E-state index contributed by atoms with van der Waals surface area (Å²) in [6.45, 7) is 6.09. The maximum Gasteiger partial charge on any atom is 0.271 e. The molecule has 0 unspecified atom stereocenters. The number of benzene rings is 1. The summed E-state index contributed by atoms with van der Waals surface area (Å²) in [6.07, 6.45) is 3.76. The largest absolute Gasteiger partial charge is 0.344 e. The smallest absolute Gasteiger partial charge is 0.271 e. The van der Waals surface area contributed by atoms with Crippen molar-refractivity contribution in [1.82, 2.24) is 20.1 Å². The Balaban J connectivity index is 1.74. The van der Waals surface area contributed by atoms with Gasteiger partial charge in [0.05, 0.1) is 22.9 Å². The fourth-order valence-electron chi connectivity index (χ4n) is 2.77. The summed E-state index contributed by atoms with van der Waals surface area (Å²) in [5, 5.41) is 10.3. The van der Waals surface area contributed by atoms with E-state index in [9.17, 15) is 4.79 Å². The molecule has 0 bridgehead atoms. The van der Waals surface area contributed by atoms with Crippen LogP contribution >= 0.6 is 11.3 Å². The fraction of sp³-hybridized carbons (Fsp3) is 0.316. The van der Waals surface area contributed by atoms with Gasteiger partial charge in [-0.05, 0) is 38.8 Å². The summed E-state index contributed by atoms with van der Waals surface area (Å²) in [4.78, 5) is 16.8. The molecule has 1 amide bonds. The van der Waals surface area contributed by atoms with Crippen LogP contribution in [0.3, 0.4) is 0 Å². The molecule has 2 heterocycles. The van der Waals surface area contributed by atoms with Crippen molar-refractivity contribution in [1.29, 1.82) is 0 Å². The molecule has 0 fully saturated rings. The minimum Gasteiger partial charge on any atom is -0.344 e. The molecule has 25 heavy (non-hydrogen) atoms. The Hall–Kier alpha value is -2.47. The number of thiazole rings is 1. The zero-order valence-corrected chi connectivity index (χ0v) is 15.5. The van der Waals surface area contributed by atoms with Crippen molar-refractivity contribution in [3.05, 3.63) is 63.9 Å². The lowest BCUT2D eigenvalue weighted by atomic mass is 10.1. The van der Waals surface area contributed by atoms with E-state index in [4.69, 9.17) is 0 Å². The monoisotopic (exact) mass is 354 g/mol. The van der Waals surface area contributed by atoms with Gasteiger partial charge in [-0.2, -0.15) is 5.10 Å². The Morgan fingerprint density at radius 2 is 2.08 bits per heavy atom. The van der Waals surface area contributed by atoms with Crippen LogP contribution in [0.15, 0.2) is 41.9 Å². The van der Waals surface area contributed by atoms with E-state index in [1.54, 1.807) is 11.3 Å². The van der Waals surface area contributed by atoms with Crippen molar-refractivity contribution in [3.8, 4) is 5.69 Å². The van der Waals surface area contributed by atoms with Crippen molar-refractivity contribution < 1.29 is 4.79 Å². The molecule has 0 radical (unpaired) electrons. The number of rotatable bonds is 6. The second kappa shape index (κ2) is 7.61. The van der Waals surface area contributed by atoms with E-state index in [1.807, 2.05) is 60.4 Å². The van der Waals surface area contributed by atoms with Gasteiger partial charge in [0.1, 0.15) is 5.69 Å². The molecule has 5 nitrogen and oxygen atoms in total. The number of nitrogens with one attached hydrogen (secondary N) is 1. The number of aryl methyl sites for hydroxylation is 1. The molecule has 0 aliphatic heterocycles. The van der Waals surface area contributed by atoms with Gasteiger partial charge in [-0.1, -0.05) is 25.1 Å². The molecule has 1 N–H and O–H groups in total. The second-order valence-corrected chi connectivity index (χ2v) is 6.95. The van der Waals surface area contributed by atoms with Gasteiger partial charge in [0, 0.05) is 16.6 Å². The van der Waals surface area contributed by atoms with Crippen LogP contribution in [-0.2, 0) is 6.42 Å². The Morgan fingerprint density at radius 3 is 2.80 bits per heavy atom. The Morgan fingerprint density at radius 1 is 1.32 bits per heavy atom. The molecular weight excluding hydrogens is 332 g/mol. The van der Waals surface area contributed by atoms with Gasteiger partial charge >= 0.3 is 0 Å². The molecule has 0 spiro atoms. The molecule has 0 aliphatic carbocycles. The molecule has 0 saturated heterocycles. The Bertz CT molecular complexity index is 853. The maximum atomic E-state index is 12.4. The maximum absolute atomic E-state index is 12.4. The summed E-state index contributed by atoms with van der Waals surface area (Å²) in [5.41, 5.74) is 3.52. The van der Waals surface area contributed by atoms with Crippen molar-refractivity contribution in [2.24, 2.45) is 0 Å². The van der Waals surface area contributed by atoms with E-state index < -0.39 is 0 Å². The highest BCUT2D eigenvalue weighted by Crippen LogP contribution is 2.21. The Labute approximate surface area is 151 Å². The summed E-state index contributed by atoms with van der Waals surface area (Å²) in [6, 6.07) is 9.83. The highest BCUT2D eigenvalue weighted by Gasteiger charge is 2.18. The molecule has 0 saturated carbocycles. The highest BCUT2D eigenvalue weighted by molar-refractivity contribution is 7.09. The summed E-state index contributed by atoms with van der Waals surface area (Å²) < 4.78 is 1.89. The molecule has 0 aliphatic rings. The van der Waals surface area contributed by atoms with Gasteiger partial charge in [-0.15, -0.1) is 11.3 Å². The number of para-hydroxylation sites is 1. The highest BCUT2D eigenvalue weighted by atomic mass is 32.1. The van der Waals surface area contributed by atoms with E-state index in [0.717, 1.165) is 34.8 Å². The average molecular weight is 354 g/mol. The topological polar surface area (TPSA) is 59.8 Å². The molecular formula is C19H22N4OS. The van der Waals surface area contributed by atoms with Gasteiger partial charge in [0.2, 0.25) is 0 Å². The van der Waals surface area contributed by atoms with Crippen LogP contribution in [-0.4, -0.2) is 20.7 Å². The van der Waals surface area contributed by atoms with Gasteiger partial charge in [0.15, 0.2) is 0 Å². The van der Waals surface area contributed by atoms with Crippen LogP contribution in [0.2, 0.25) is 0 Å². The lowest BCUT2D eigenvalue weighted by Gasteiger charge is -2.13. The number of aromatic nitrogens is 3. The molecule has 2 aromatic heterocycles. The zero-order valence-electron chi connectivity index (χ0n) is 14.7. The van der Waals surface area contributed by atoms with Crippen LogP contribution in [0.25, 0.3) is 5.69 Å². The predicted molar refractivity (Wildman–Crippen MR) is 100 cm³/mol. The number of carbonyl (C=O) groups is 1. The summed E-state index contributed by atoms with van der Waals surface area (Å²) >= 11 is 1.54. The summed E-state index contributed by atoms with van der Waals surface area (Å²) in [7, 11) is 0. The van der Waals surface area contributed by atoms with Gasteiger partial charge in [-0.3, -0.25) is 4.79 Å². The lowest BCUT2D eigenvalue weighted by molar-refractivity contribution is 0.0935. The van der Waals surface area contributed by atoms with E-state index in [2.05, 4.69) is 22.3 Å². The molecule has 3 aromatic rings. The molecule has 6 heteroatoms. The van der Waals surface area contributed by atoms with E-state index >= 15 is 0 Å². The van der Waals surface area contributed by atoms with Gasteiger partial charge in [0.25, 0.3) is 5.91 Å². The number of hydrogen-bond acceptors (Lipinski definition) is 4. The van der Waals surface area contributed by atoms with Crippen LogP contribution in [0, 0.1) is 6.92 Å². The van der Waals surface area contributed by atoms with E-state index in [0.29, 0.717) is 5.69 Å². The molecule has 3 rings (SSSR count). The van der Waals surface area contributed by atoms with Crippen LogP contribution in [0.4, 0.5) is 0 Å². The first-order chi connectivity index (χ1) is 12.1. The third-order valence-electron chi connectivity index (χ3n) is 4.11. The minimum absolute atomic E-state index is 0.138. The molecule has 1 aromatic carbocycles. The summed E-state index contributed by atoms with van der Waals surface area (Å²) in [5.74, 6) is -0.141. The third kappa shape index (κ3) is 3.79. The van der Waals surface area contributed by atoms with Gasteiger partial charge < -0.3 is 5.32 Å².